The molecule has 0 aromatic heterocycles. The zero-order valence-corrected chi connectivity index (χ0v) is 16.9. The van der Waals surface area contributed by atoms with E-state index in [9.17, 15) is 9.90 Å². The summed E-state index contributed by atoms with van der Waals surface area (Å²) in [5.74, 6) is -0.0951. The molecule has 0 spiro atoms. The van der Waals surface area contributed by atoms with Crippen LogP contribution in [-0.2, 0) is 14.1 Å². The van der Waals surface area contributed by atoms with Crippen molar-refractivity contribution in [2.75, 3.05) is 20.8 Å². The largest absolute Gasteiger partial charge is 0.413 e. The molecule has 0 aromatic rings. The van der Waals surface area contributed by atoms with Crippen LogP contribution in [0.1, 0.15) is 40.5 Å². The molecule has 0 heterocycles. The maximum atomic E-state index is 12.2. The molecule has 0 saturated carbocycles. The van der Waals surface area contributed by atoms with Crippen LogP contribution >= 0.6 is 0 Å². The lowest BCUT2D eigenvalue weighted by Crippen LogP contribution is -2.42. The van der Waals surface area contributed by atoms with Crippen molar-refractivity contribution in [2.45, 2.75) is 64.8 Å². The molecule has 0 aromatic carbocycles. The van der Waals surface area contributed by atoms with Gasteiger partial charge < -0.3 is 9.53 Å². The van der Waals surface area contributed by atoms with Crippen molar-refractivity contribution in [1.29, 1.82) is 0 Å². The van der Waals surface area contributed by atoms with Gasteiger partial charge >= 0.3 is 0 Å². The predicted molar refractivity (Wildman–Crippen MR) is 94.4 cm³/mol. The van der Waals surface area contributed by atoms with Gasteiger partial charge in [-0.05, 0) is 30.1 Å². The van der Waals surface area contributed by atoms with E-state index < -0.39 is 14.4 Å². The van der Waals surface area contributed by atoms with Gasteiger partial charge in [-0.3, -0.25) is 9.63 Å². The maximum absolute atomic E-state index is 12.2. The third-order valence-electron chi connectivity index (χ3n) is 5.39. The van der Waals surface area contributed by atoms with Crippen LogP contribution in [0, 0.1) is 5.41 Å². The molecule has 134 valence electrons. The summed E-state index contributed by atoms with van der Waals surface area (Å²) >= 11 is 0. The Morgan fingerprint density at radius 2 is 2.04 bits per heavy atom. The third kappa shape index (κ3) is 4.89. The summed E-state index contributed by atoms with van der Waals surface area (Å²) < 4.78 is 6.29. The van der Waals surface area contributed by atoms with E-state index in [1.54, 1.807) is 7.05 Å². The second-order valence-corrected chi connectivity index (χ2v) is 13.1. The highest BCUT2D eigenvalue weighted by molar-refractivity contribution is 6.74. The zero-order chi connectivity index (χ0) is 18.1. The molecule has 23 heavy (non-hydrogen) atoms. The molecule has 1 amide bonds. The van der Waals surface area contributed by atoms with E-state index >= 15 is 0 Å². The Balaban J connectivity index is 2.83. The number of aliphatic hydroxyl groups is 1. The average Bonchev–Trinajstić information content (AvgIpc) is 2.68. The number of aliphatic hydroxyl groups excluding tert-OH is 1. The predicted octanol–water partition coefficient (Wildman–Crippen LogP) is 3.12. The standard InChI is InChI=1S/C17H33NO4Si/c1-16(2,3)23(7,8)22-12-13-9-14(19)10-17(13,4)11-15(20)18(5)21-6/h9,14,19H,10-12H2,1-8H3/t14-,17+/m1/s1. The van der Waals surface area contributed by atoms with Crippen molar-refractivity contribution in [1.82, 2.24) is 5.06 Å². The minimum atomic E-state index is -1.87. The number of rotatable bonds is 6. The molecule has 0 unspecified atom stereocenters. The van der Waals surface area contributed by atoms with E-state index in [-0.39, 0.29) is 16.4 Å². The van der Waals surface area contributed by atoms with Gasteiger partial charge in [0, 0.05) is 18.9 Å². The fourth-order valence-electron chi connectivity index (χ4n) is 2.51. The monoisotopic (exact) mass is 343 g/mol. The molecule has 5 nitrogen and oxygen atoms in total. The summed E-state index contributed by atoms with van der Waals surface area (Å²) in [6.45, 7) is 13.5. The Bertz CT molecular complexity index is 470. The molecular weight excluding hydrogens is 310 g/mol. The van der Waals surface area contributed by atoms with Crippen LogP contribution in [0.25, 0.3) is 0 Å². The van der Waals surface area contributed by atoms with Gasteiger partial charge in [-0.1, -0.05) is 33.8 Å². The first-order valence-corrected chi connectivity index (χ1v) is 11.1. The molecule has 1 rings (SSSR count). The number of hydrogen-bond donors (Lipinski definition) is 1. The lowest BCUT2D eigenvalue weighted by atomic mass is 9.80. The van der Waals surface area contributed by atoms with Crippen LogP contribution in [0.15, 0.2) is 11.6 Å². The van der Waals surface area contributed by atoms with Gasteiger partial charge in [0.25, 0.3) is 0 Å². The summed E-state index contributed by atoms with van der Waals surface area (Å²) in [7, 11) is 1.21. The Hall–Kier alpha value is -0.693. The molecule has 2 atom stereocenters. The first-order chi connectivity index (χ1) is 10.3. The highest BCUT2D eigenvalue weighted by atomic mass is 28.4. The SMILES string of the molecule is CON(C)C(=O)C[C@]1(C)C[C@H](O)C=C1CO[Si](C)(C)C(C)(C)C. The van der Waals surface area contributed by atoms with Crippen LogP contribution in [0.5, 0.6) is 0 Å². The van der Waals surface area contributed by atoms with Gasteiger partial charge in [-0.2, -0.15) is 0 Å². The smallest absolute Gasteiger partial charge is 0.246 e. The first kappa shape index (κ1) is 20.4. The minimum Gasteiger partial charge on any atom is -0.413 e. The second kappa shape index (κ2) is 7.05. The fourth-order valence-corrected chi connectivity index (χ4v) is 3.46. The third-order valence-corrected chi connectivity index (χ3v) is 9.87. The molecule has 1 aliphatic rings. The Labute approximate surface area is 141 Å². The van der Waals surface area contributed by atoms with E-state index in [2.05, 4.69) is 33.9 Å². The summed E-state index contributed by atoms with van der Waals surface area (Å²) in [5, 5.41) is 11.4. The topological polar surface area (TPSA) is 59.0 Å². The Morgan fingerprint density at radius 3 is 2.52 bits per heavy atom. The van der Waals surface area contributed by atoms with Crippen LogP contribution < -0.4 is 0 Å². The number of hydrogen-bond acceptors (Lipinski definition) is 4. The van der Waals surface area contributed by atoms with E-state index in [0.717, 1.165) is 5.57 Å². The van der Waals surface area contributed by atoms with Crippen molar-refractivity contribution >= 4 is 14.2 Å². The molecular formula is C17H33NO4Si. The number of amides is 1. The van der Waals surface area contributed by atoms with Crippen LogP contribution in [0.2, 0.25) is 18.1 Å². The van der Waals surface area contributed by atoms with Crippen LogP contribution in [0.3, 0.4) is 0 Å². The Kier molecular flexibility index (Phi) is 6.24. The van der Waals surface area contributed by atoms with Gasteiger partial charge in [0.1, 0.15) is 0 Å². The number of carbonyl (C=O) groups excluding carboxylic acids is 1. The summed E-state index contributed by atoms with van der Waals surface area (Å²) in [6, 6.07) is 0. The van der Waals surface area contributed by atoms with Gasteiger partial charge in [-0.25, -0.2) is 5.06 Å². The van der Waals surface area contributed by atoms with Crippen molar-refractivity contribution < 1.29 is 19.2 Å². The van der Waals surface area contributed by atoms with Crippen molar-refractivity contribution in [3.05, 3.63) is 11.6 Å². The minimum absolute atomic E-state index is 0.0951. The first-order valence-electron chi connectivity index (χ1n) is 8.16. The molecule has 1 aliphatic carbocycles. The average molecular weight is 344 g/mol. The number of carbonyl (C=O) groups is 1. The molecule has 0 bridgehead atoms. The lowest BCUT2D eigenvalue weighted by Gasteiger charge is -2.38. The fraction of sp³-hybridized carbons (Fsp3) is 0.824. The summed E-state index contributed by atoms with van der Waals surface area (Å²) in [6.07, 6.45) is 2.19. The molecule has 0 fully saturated rings. The van der Waals surface area contributed by atoms with E-state index in [4.69, 9.17) is 9.26 Å². The van der Waals surface area contributed by atoms with Crippen LogP contribution in [0.4, 0.5) is 0 Å². The van der Waals surface area contributed by atoms with E-state index in [0.29, 0.717) is 19.4 Å². The molecule has 0 aliphatic heterocycles. The van der Waals surface area contributed by atoms with Gasteiger partial charge in [0.2, 0.25) is 5.91 Å². The number of nitrogens with zero attached hydrogens (tertiary/aromatic N) is 1. The van der Waals surface area contributed by atoms with Crippen molar-refractivity contribution in [3.8, 4) is 0 Å². The normalized spacial score (nSPS) is 25.4. The zero-order valence-electron chi connectivity index (χ0n) is 15.9. The van der Waals surface area contributed by atoms with Gasteiger partial charge in [-0.15, -0.1) is 0 Å². The molecule has 0 radical (unpaired) electrons. The summed E-state index contributed by atoms with van der Waals surface area (Å²) in [4.78, 5) is 17.2. The van der Waals surface area contributed by atoms with Crippen molar-refractivity contribution in [3.63, 3.8) is 0 Å². The van der Waals surface area contributed by atoms with Crippen LogP contribution in [-0.4, -0.2) is 51.3 Å². The number of hydroxylamine groups is 2. The highest BCUT2D eigenvalue weighted by Gasteiger charge is 2.42. The van der Waals surface area contributed by atoms with Crippen molar-refractivity contribution in [2.24, 2.45) is 5.41 Å². The molecule has 0 saturated heterocycles. The maximum Gasteiger partial charge on any atom is 0.246 e. The highest BCUT2D eigenvalue weighted by Crippen LogP contribution is 2.44. The molecule has 1 N–H and O–H groups in total. The summed E-state index contributed by atoms with van der Waals surface area (Å²) in [5.41, 5.74) is 0.638. The lowest BCUT2D eigenvalue weighted by molar-refractivity contribution is -0.170. The van der Waals surface area contributed by atoms with E-state index in [1.807, 2.05) is 13.0 Å². The van der Waals surface area contributed by atoms with Gasteiger partial charge in [0.05, 0.1) is 19.8 Å². The van der Waals surface area contributed by atoms with E-state index in [1.165, 1.54) is 12.2 Å². The second-order valence-electron chi connectivity index (χ2n) is 8.32. The quantitative estimate of drug-likeness (QED) is 0.457. The Morgan fingerprint density at radius 1 is 1.48 bits per heavy atom. The molecule has 6 heteroatoms. The van der Waals surface area contributed by atoms with Gasteiger partial charge in [0.15, 0.2) is 8.32 Å².